The molecule has 0 unspecified atom stereocenters. The lowest BCUT2D eigenvalue weighted by Crippen LogP contribution is -2.46. The zero-order valence-corrected chi connectivity index (χ0v) is 13.0. The van der Waals surface area contributed by atoms with Crippen molar-refractivity contribution in [3.63, 3.8) is 0 Å². The van der Waals surface area contributed by atoms with Crippen LogP contribution >= 0.6 is 0 Å². The first-order chi connectivity index (χ1) is 10.6. The molecule has 1 saturated heterocycles. The summed E-state index contributed by atoms with van der Waals surface area (Å²) >= 11 is 0. The molecule has 1 aliphatic heterocycles. The second-order valence-electron chi connectivity index (χ2n) is 5.16. The molecule has 2 amide bonds. The number of carbonyl (C=O) groups excluding carboxylic acids is 2. The summed E-state index contributed by atoms with van der Waals surface area (Å²) in [7, 11) is 1.38. The Morgan fingerprint density at radius 2 is 1.86 bits per heavy atom. The molecule has 2 rings (SSSR count). The van der Waals surface area contributed by atoms with Gasteiger partial charge in [-0.2, -0.15) is 0 Å². The van der Waals surface area contributed by atoms with Crippen molar-refractivity contribution in [3.8, 4) is 5.75 Å². The van der Waals surface area contributed by atoms with Crippen molar-refractivity contribution < 1.29 is 19.1 Å². The average Bonchev–Trinajstić information content (AvgIpc) is 2.55. The van der Waals surface area contributed by atoms with E-state index < -0.39 is 0 Å². The number of benzene rings is 1. The highest BCUT2D eigenvalue weighted by molar-refractivity contribution is 5.94. The molecule has 0 atom stereocenters. The fraction of sp³-hybridized carbons (Fsp3) is 0.500. The number of carbonyl (C=O) groups is 2. The van der Waals surface area contributed by atoms with E-state index in [4.69, 9.17) is 9.47 Å². The van der Waals surface area contributed by atoms with Crippen LogP contribution < -0.4 is 10.1 Å². The summed E-state index contributed by atoms with van der Waals surface area (Å²) in [6, 6.07) is 7.17. The Morgan fingerprint density at radius 1 is 1.23 bits per heavy atom. The van der Waals surface area contributed by atoms with Crippen molar-refractivity contribution in [1.29, 1.82) is 0 Å². The summed E-state index contributed by atoms with van der Waals surface area (Å²) in [4.78, 5) is 25.3. The number of methoxy groups -OCH3 is 1. The highest BCUT2D eigenvalue weighted by atomic mass is 16.5. The number of hydrogen-bond acceptors (Lipinski definition) is 4. The van der Waals surface area contributed by atoms with Gasteiger partial charge >= 0.3 is 6.09 Å². The van der Waals surface area contributed by atoms with Gasteiger partial charge in [0.25, 0.3) is 5.91 Å². The Morgan fingerprint density at radius 3 is 2.41 bits per heavy atom. The molecule has 0 radical (unpaired) electrons. The van der Waals surface area contributed by atoms with Crippen molar-refractivity contribution in [1.82, 2.24) is 10.2 Å². The van der Waals surface area contributed by atoms with Gasteiger partial charge in [0.05, 0.1) is 13.7 Å². The molecule has 0 saturated carbocycles. The largest absolute Gasteiger partial charge is 0.494 e. The van der Waals surface area contributed by atoms with Gasteiger partial charge in [-0.1, -0.05) is 0 Å². The quantitative estimate of drug-likeness (QED) is 0.924. The molecule has 22 heavy (non-hydrogen) atoms. The lowest BCUT2D eigenvalue weighted by Gasteiger charge is -2.31. The first-order valence-corrected chi connectivity index (χ1v) is 7.50. The van der Waals surface area contributed by atoms with E-state index in [2.05, 4.69) is 5.32 Å². The minimum Gasteiger partial charge on any atom is -0.494 e. The molecule has 0 aliphatic carbocycles. The summed E-state index contributed by atoms with van der Waals surface area (Å²) in [5.74, 6) is 0.657. The van der Waals surface area contributed by atoms with Crippen LogP contribution in [-0.4, -0.2) is 49.7 Å². The summed E-state index contributed by atoms with van der Waals surface area (Å²) in [6.07, 6.45) is 1.16. The Hall–Kier alpha value is -2.24. The fourth-order valence-electron chi connectivity index (χ4n) is 2.47. The number of likely N-dealkylation sites (tertiary alicyclic amines) is 1. The predicted molar refractivity (Wildman–Crippen MR) is 82.1 cm³/mol. The number of hydrogen-bond donors (Lipinski definition) is 1. The van der Waals surface area contributed by atoms with Crippen LogP contribution in [0.15, 0.2) is 24.3 Å². The highest BCUT2D eigenvalue weighted by Crippen LogP contribution is 2.14. The van der Waals surface area contributed by atoms with Crippen LogP contribution in [0.25, 0.3) is 0 Å². The minimum atomic E-state index is -0.309. The van der Waals surface area contributed by atoms with E-state index in [9.17, 15) is 9.59 Å². The Labute approximate surface area is 130 Å². The lowest BCUT2D eigenvalue weighted by atomic mass is 10.0. The number of nitrogens with zero attached hydrogens (tertiary/aromatic N) is 1. The van der Waals surface area contributed by atoms with Crippen molar-refractivity contribution >= 4 is 12.0 Å². The third-order valence-electron chi connectivity index (χ3n) is 3.69. The maximum absolute atomic E-state index is 12.2. The maximum atomic E-state index is 12.2. The molecule has 1 aromatic carbocycles. The maximum Gasteiger partial charge on any atom is 0.409 e. The molecule has 6 nitrogen and oxygen atoms in total. The number of piperidine rings is 1. The van der Waals surface area contributed by atoms with Crippen molar-refractivity contribution in [3.05, 3.63) is 29.8 Å². The molecule has 0 aromatic heterocycles. The molecular weight excluding hydrogens is 284 g/mol. The van der Waals surface area contributed by atoms with Gasteiger partial charge in [0.1, 0.15) is 5.75 Å². The van der Waals surface area contributed by atoms with Crippen LogP contribution in [0.1, 0.15) is 30.1 Å². The van der Waals surface area contributed by atoms with Crippen molar-refractivity contribution in [2.24, 2.45) is 0 Å². The summed E-state index contributed by atoms with van der Waals surface area (Å²) in [5.41, 5.74) is 0.610. The first kappa shape index (κ1) is 16.1. The molecule has 1 aliphatic rings. The fourth-order valence-corrected chi connectivity index (χ4v) is 2.47. The standard InChI is InChI=1S/C16H22N2O4/c1-3-22-14-6-4-12(5-7-14)15(19)17-13-8-10-18(11-9-13)16(20)21-2/h4-7,13H,3,8-11H2,1-2H3,(H,17,19). The molecule has 0 bridgehead atoms. The van der Waals surface area contributed by atoms with Gasteiger partial charge in [-0.15, -0.1) is 0 Å². The normalized spacial score (nSPS) is 15.3. The predicted octanol–water partition coefficient (Wildman–Crippen LogP) is 2.05. The molecule has 1 N–H and O–H groups in total. The number of ether oxygens (including phenoxy) is 2. The van der Waals surface area contributed by atoms with Crippen LogP contribution in [0.3, 0.4) is 0 Å². The van der Waals surface area contributed by atoms with E-state index in [1.807, 2.05) is 6.92 Å². The minimum absolute atomic E-state index is 0.0833. The second kappa shape index (κ2) is 7.68. The van der Waals surface area contributed by atoms with Crippen LogP contribution in [0, 0.1) is 0 Å². The zero-order valence-electron chi connectivity index (χ0n) is 13.0. The highest BCUT2D eigenvalue weighted by Gasteiger charge is 2.24. The smallest absolute Gasteiger partial charge is 0.409 e. The van der Waals surface area contributed by atoms with Crippen LogP contribution in [0.5, 0.6) is 5.75 Å². The van der Waals surface area contributed by atoms with Crippen LogP contribution in [-0.2, 0) is 4.74 Å². The van der Waals surface area contributed by atoms with E-state index in [0.717, 1.165) is 18.6 Å². The Kier molecular flexibility index (Phi) is 5.63. The summed E-state index contributed by atoms with van der Waals surface area (Å²) in [5, 5.41) is 3.01. The van der Waals surface area contributed by atoms with E-state index in [1.54, 1.807) is 29.2 Å². The average molecular weight is 306 g/mol. The molecule has 1 aromatic rings. The SMILES string of the molecule is CCOc1ccc(C(=O)NC2CCN(C(=O)OC)CC2)cc1. The van der Waals surface area contributed by atoms with E-state index >= 15 is 0 Å². The van der Waals surface area contributed by atoms with Gasteiger partial charge in [-0.05, 0) is 44.0 Å². The van der Waals surface area contributed by atoms with Gasteiger partial charge < -0.3 is 19.7 Å². The van der Waals surface area contributed by atoms with Gasteiger partial charge in [-0.3, -0.25) is 4.79 Å². The monoisotopic (exact) mass is 306 g/mol. The van der Waals surface area contributed by atoms with E-state index in [1.165, 1.54) is 7.11 Å². The molecule has 1 fully saturated rings. The number of rotatable bonds is 4. The lowest BCUT2D eigenvalue weighted by molar-refractivity contribution is 0.0892. The van der Waals surface area contributed by atoms with Gasteiger partial charge in [-0.25, -0.2) is 4.79 Å². The van der Waals surface area contributed by atoms with Gasteiger partial charge in [0.15, 0.2) is 0 Å². The third-order valence-corrected chi connectivity index (χ3v) is 3.69. The van der Waals surface area contributed by atoms with Crippen molar-refractivity contribution in [2.75, 3.05) is 26.8 Å². The van der Waals surface area contributed by atoms with E-state index in [-0.39, 0.29) is 18.0 Å². The van der Waals surface area contributed by atoms with Crippen LogP contribution in [0.2, 0.25) is 0 Å². The van der Waals surface area contributed by atoms with Crippen LogP contribution in [0.4, 0.5) is 4.79 Å². The topological polar surface area (TPSA) is 67.9 Å². The number of amides is 2. The first-order valence-electron chi connectivity index (χ1n) is 7.50. The Balaban J connectivity index is 1.84. The van der Waals surface area contributed by atoms with Crippen molar-refractivity contribution in [2.45, 2.75) is 25.8 Å². The molecule has 0 spiro atoms. The number of nitrogens with one attached hydrogen (secondary N) is 1. The summed E-state index contributed by atoms with van der Waals surface area (Å²) in [6.45, 7) is 3.72. The van der Waals surface area contributed by atoms with Gasteiger partial charge in [0, 0.05) is 24.7 Å². The van der Waals surface area contributed by atoms with Gasteiger partial charge in [0.2, 0.25) is 0 Å². The molecule has 120 valence electrons. The molecule has 1 heterocycles. The summed E-state index contributed by atoms with van der Waals surface area (Å²) < 4.78 is 10.0. The second-order valence-corrected chi connectivity index (χ2v) is 5.16. The third kappa shape index (κ3) is 4.13. The Bertz CT molecular complexity index is 507. The molecule has 6 heteroatoms. The van der Waals surface area contributed by atoms with E-state index in [0.29, 0.717) is 25.3 Å². The molecular formula is C16H22N2O4. The zero-order chi connectivity index (χ0) is 15.9.